The van der Waals surface area contributed by atoms with E-state index in [1.807, 2.05) is 13.8 Å². The highest BCUT2D eigenvalue weighted by Crippen LogP contribution is 2.60. The number of rotatable bonds is 6. The summed E-state index contributed by atoms with van der Waals surface area (Å²) in [7, 11) is 0. The molecule has 38 heavy (non-hydrogen) atoms. The van der Waals surface area contributed by atoms with E-state index >= 15 is 0 Å². The highest BCUT2D eigenvalue weighted by molar-refractivity contribution is 5.68. The molecule has 6 rings (SSSR count). The predicted molar refractivity (Wildman–Crippen MR) is 124 cm³/mol. The Bertz CT molecular complexity index is 941. The zero-order valence-electron chi connectivity index (χ0n) is 22.7. The van der Waals surface area contributed by atoms with Gasteiger partial charge < -0.3 is 33.2 Å². The largest absolute Gasteiger partial charge is 0.463 e. The number of hydrogen-bond acceptors (Lipinski definition) is 12. The van der Waals surface area contributed by atoms with Gasteiger partial charge in [0, 0.05) is 39.0 Å². The Kier molecular flexibility index (Phi) is 7.51. The Hall–Kier alpha value is -1.83. The molecule has 5 saturated heterocycles. The van der Waals surface area contributed by atoms with Crippen LogP contribution in [-0.2, 0) is 57.3 Å². The van der Waals surface area contributed by atoms with Crippen LogP contribution in [0.25, 0.3) is 0 Å². The fraction of sp³-hybridized carbons (Fsp3) is 0.885. The summed E-state index contributed by atoms with van der Waals surface area (Å²) in [6.45, 7) is 9.61. The SMILES string of the molecule is CC(=O)OCC1OC(OC2OC3OC4(C)CCC5C(C)CCC(C2C)C35OO4)C(OC(C)=O)C1OC(C)=O. The second-order valence-electron chi connectivity index (χ2n) is 11.4. The zero-order valence-corrected chi connectivity index (χ0v) is 22.7. The summed E-state index contributed by atoms with van der Waals surface area (Å²) >= 11 is 0. The molecule has 12 unspecified atom stereocenters. The molecule has 12 heteroatoms. The first-order chi connectivity index (χ1) is 17.9. The maximum atomic E-state index is 12.0. The second kappa shape index (κ2) is 10.3. The fourth-order valence-electron chi connectivity index (χ4n) is 6.95. The third kappa shape index (κ3) is 4.84. The Morgan fingerprint density at radius 2 is 1.55 bits per heavy atom. The predicted octanol–water partition coefficient (Wildman–Crippen LogP) is 2.36. The van der Waals surface area contributed by atoms with Crippen LogP contribution in [0.2, 0.25) is 0 Å². The van der Waals surface area contributed by atoms with Gasteiger partial charge in [-0.2, -0.15) is 0 Å². The molecular weight excluding hydrogens is 504 g/mol. The van der Waals surface area contributed by atoms with E-state index in [0.717, 1.165) is 19.3 Å². The van der Waals surface area contributed by atoms with Crippen molar-refractivity contribution in [2.75, 3.05) is 6.61 Å². The van der Waals surface area contributed by atoms with Crippen molar-refractivity contribution in [1.82, 2.24) is 0 Å². The first kappa shape index (κ1) is 27.7. The Labute approximate surface area is 221 Å². The highest BCUT2D eigenvalue weighted by Gasteiger charge is 2.70. The van der Waals surface area contributed by atoms with Gasteiger partial charge in [-0.15, -0.1) is 0 Å². The smallest absolute Gasteiger partial charge is 0.303 e. The van der Waals surface area contributed by atoms with Crippen LogP contribution in [0.15, 0.2) is 0 Å². The van der Waals surface area contributed by atoms with Crippen LogP contribution >= 0.6 is 0 Å². The lowest BCUT2D eigenvalue weighted by molar-refractivity contribution is -0.579. The zero-order chi connectivity index (χ0) is 27.4. The second-order valence-corrected chi connectivity index (χ2v) is 11.4. The standard InChI is InChI=1S/C26H38O12/c1-12-7-8-18-13(2)22(35-24-26(18)17(12)9-10-25(6,36-24)37-38-26)34-23-21(32-16(5)29)20(31-15(4)28)19(33-23)11-30-14(3)27/h12-13,17-24H,7-11H2,1-6H3. The molecule has 6 aliphatic rings. The minimum atomic E-state index is -1.15. The number of carbonyl (C=O) groups excluding carboxylic acids is 3. The molecule has 0 aromatic rings. The van der Waals surface area contributed by atoms with E-state index < -0.39 is 66.5 Å². The number of ether oxygens (including phenoxy) is 7. The monoisotopic (exact) mass is 542 g/mol. The average Bonchev–Trinajstić information content (AvgIpc) is 2.96. The molecule has 0 amide bonds. The molecule has 2 bridgehead atoms. The molecule has 0 aromatic carbocycles. The molecule has 214 valence electrons. The first-order valence-electron chi connectivity index (χ1n) is 13.4. The van der Waals surface area contributed by atoms with Crippen molar-refractivity contribution in [3.05, 3.63) is 0 Å². The van der Waals surface area contributed by atoms with Crippen LogP contribution in [0.5, 0.6) is 0 Å². The lowest BCUT2D eigenvalue weighted by atomic mass is 9.58. The molecular formula is C26H38O12. The van der Waals surface area contributed by atoms with E-state index in [-0.39, 0.29) is 24.4 Å². The topological polar surface area (TPSA) is 134 Å². The Morgan fingerprint density at radius 3 is 2.24 bits per heavy atom. The van der Waals surface area contributed by atoms with Gasteiger partial charge in [0.1, 0.15) is 12.7 Å². The molecule has 12 nitrogen and oxygen atoms in total. The molecule has 0 N–H and O–H groups in total. The van der Waals surface area contributed by atoms with Crippen molar-refractivity contribution < 1.29 is 57.3 Å². The number of fused-ring (bicyclic) bond motifs is 2. The summed E-state index contributed by atoms with van der Waals surface area (Å²) < 4.78 is 41.2. The van der Waals surface area contributed by atoms with Gasteiger partial charge in [0.15, 0.2) is 30.4 Å². The molecule has 0 aromatic heterocycles. The van der Waals surface area contributed by atoms with Gasteiger partial charge in [-0.3, -0.25) is 14.4 Å². The van der Waals surface area contributed by atoms with Gasteiger partial charge in [-0.1, -0.05) is 13.8 Å². The maximum Gasteiger partial charge on any atom is 0.303 e. The average molecular weight is 543 g/mol. The summed E-state index contributed by atoms with van der Waals surface area (Å²) in [5, 5.41) is 0. The van der Waals surface area contributed by atoms with Gasteiger partial charge in [0.2, 0.25) is 12.1 Å². The van der Waals surface area contributed by atoms with E-state index in [4.69, 9.17) is 42.9 Å². The van der Waals surface area contributed by atoms with Crippen LogP contribution in [0.4, 0.5) is 0 Å². The van der Waals surface area contributed by atoms with Crippen LogP contribution in [0, 0.1) is 23.7 Å². The Balaban J connectivity index is 1.41. The molecule has 5 heterocycles. The van der Waals surface area contributed by atoms with Gasteiger partial charge in [-0.25, -0.2) is 9.78 Å². The summed E-state index contributed by atoms with van der Waals surface area (Å²) in [5.74, 6) is -2.25. The summed E-state index contributed by atoms with van der Waals surface area (Å²) in [4.78, 5) is 47.3. The van der Waals surface area contributed by atoms with Crippen molar-refractivity contribution in [2.24, 2.45) is 23.7 Å². The number of hydrogen-bond donors (Lipinski definition) is 0. The van der Waals surface area contributed by atoms with E-state index in [2.05, 4.69) is 6.92 Å². The normalized spacial score (nSPS) is 47.5. The third-order valence-corrected chi connectivity index (χ3v) is 8.69. The van der Waals surface area contributed by atoms with E-state index in [1.54, 1.807) is 0 Å². The third-order valence-electron chi connectivity index (χ3n) is 8.69. The molecule has 12 atom stereocenters. The van der Waals surface area contributed by atoms with Crippen molar-refractivity contribution in [3.63, 3.8) is 0 Å². The minimum absolute atomic E-state index is 0.00443. The summed E-state index contributed by atoms with van der Waals surface area (Å²) in [6, 6.07) is 0. The van der Waals surface area contributed by atoms with E-state index in [0.29, 0.717) is 12.3 Å². The van der Waals surface area contributed by atoms with Crippen LogP contribution < -0.4 is 0 Å². The molecule has 1 aliphatic carbocycles. The van der Waals surface area contributed by atoms with E-state index in [9.17, 15) is 14.4 Å². The van der Waals surface area contributed by atoms with E-state index in [1.165, 1.54) is 20.8 Å². The minimum Gasteiger partial charge on any atom is -0.463 e. The Morgan fingerprint density at radius 1 is 0.842 bits per heavy atom. The van der Waals surface area contributed by atoms with Crippen molar-refractivity contribution in [3.8, 4) is 0 Å². The molecule has 5 aliphatic heterocycles. The molecule has 6 fully saturated rings. The summed E-state index contributed by atoms with van der Waals surface area (Å²) in [5.41, 5.74) is -0.767. The molecule has 1 saturated carbocycles. The van der Waals surface area contributed by atoms with Gasteiger partial charge in [-0.05, 0) is 38.0 Å². The van der Waals surface area contributed by atoms with Crippen molar-refractivity contribution in [2.45, 2.75) is 116 Å². The van der Waals surface area contributed by atoms with Crippen molar-refractivity contribution >= 4 is 17.9 Å². The van der Waals surface area contributed by atoms with Gasteiger partial charge >= 0.3 is 17.9 Å². The van der Waals surface area contributed by atoms with Crippen LogP contribution in [0.3, 0.4) is 0 Å². The number of carbonyl (C=O) groups is 3. The first-order valence-corrected chi connectivity index (χ1v) is 13.4. The number of esters is 3. The highest BCUT2D eigenvalue weighted by atomic mass is 17.3. The lowest BCUT2D eigenvalue weighted by Crippen LogP contribution is -2.70. The quantitative estimate of drug-likeness (QED) is 0.277. The molecule has 1 spiro atoms. The molecule has 0 radical (unpaired) electrons. The lowest BCUT2D eigenvalue weighted by Gasteiger charge is -2.60. The fourth-order valence-corrected chi connectivity index (χ4v) is 6.95. The van der Waals surface area contributed by atoms with Gasteiger partial charge in [0.25, 0.3) is 0 Å². The maximum absolute atomic E-state index is 12.0. The van der Waals surface area contributed by atoms with Crippen LogP contribution in [0.1, 0.15) is 67.2 Å². The van der Waals surface area contributed by atoms with Crippen molar-refractivity contribution in [1.29, 1.82) is 0 Å². The van der Waals surface area contributed by atoms with Crippen LogP contribution in [-0.4, -0.2) is 73.1 Å². The van der Waals surface area contributed by atoms with Gasteiger partial charge in [0.05, 0.1) is 0 Å². The summed E-state index contributed by atoms with van der Waals surface area (Å²) in [6.07, 6.45) is -2.31.